The Balaban J connectivity index is 1.34. The zero-order valence-corrected chi connectivity index (χ0v) is 17.6. The second-order valence-corrected chi connectivity index (χ2v) is 7.51. The van der Waals surface area contributed by atoms with Crippen LogP contribution in [0.5, 0.6) is 0 Å². The van der Waals surface area contributed by atoms with Crippen LogP contribution >= 0.6 is 0 Å². The van der Waals surface area contributed by atoms with Crippen molar-refractivity contribution in [1.29, 1.82) is 0 Å². The fourth-order valence-corrected chi connectivity index (χ4v) is 3.76. The van der Waals surface area contributed by atoms with Crippen LogP contribution in [0.25, 0.3) is 21.9 Å². The van der Waals surface area contributed by atoms with Gasteiger partial charge in [0.15, 0.2) is 0 Å². The molecule has 4 aromatic rings. The van der Waals surface area contributed by atoms with E-state index >= 15 is 0 Å². The van der Waals surface area contributed by atoms with Crippen molar-refractivity contribution in [2.45, 2.75) is 26.4 Å². The third kappa shape index (κ3) is 4.83. The molecule has 0 atom stereocenters. The molecule has 1 N–H and O–H groups in total. The Morgan fingerprint density at radius 2 is 1.87 bits per heavy atom. The van der Waals surface area contributed by atoms with E-state index in [9.17, 15) is 9.59 Å². The lowest BCUT2D eigenvalue weighted by Gasteiger charge is -2.20. The molecular formula is C24H26N4O3. The summed E-state index contributed by atoms with van der Waals surface area (Å²) in [6.07, 6.45) is 2.32. The van der Waals surface area contributed by atoms with Crippen LogP contribution < -0.4 is 10.9 Å². The minimum Gasteiger partial charge on any atom is -0.422 e. The van der Waals surface area contributed by atoms with Gasteiger partial charge in [0.2, 0.25) is 5.91 Å². The summed E-state index contributed by atoms with van der Waals surface area (Å²) in [7, 11) is 0. The van der Waals surface area contributed by atoms with Crippen molar-refractivity contribution in [2.24, 2.45) is 0 Å². The van der Waals surface area contributed by atoms with E-state index in [-0.39, 0.29) is 12.5 Å². The van der Waals surface area contributed by atoms with Crippen molar-refractivity contribution in [3.8, 4) is 0 Å². The summed E-state index contributed by atoms with van der Waals surface area (Å²) in [6.45, 7) is 5.55. The lowest BCUT2D eigenvalue weighted by atomic mass is 10.2. The van der Waals surface area contributed by atoms with E-state index in [0.717, 1.165) is 31.4 Å². The number of hydrogen-bond acceptors (Lipinski definition) is 5. The van der Waals surface area contributed by atoms with Gasteiger partial charge in [0, 0.05) is 25.0 Å². The summed E-state index contributed by atoms with van der Waals surface area (Å²) in [5, 5.41) is 8.36. The predicted octanol–water partition coefficient (Wildman–Crippen LogP) is 3.17. The molecule has 160 valence electrons. The minimum absolute atomic E-state index is 0.0540. The molecule has 0 bridgehead atoms. The number of amides is 1. The number of nitrogens with one attached hydrogen (secondary N) is 1. The van der Waals surface area contributed by atoms with Crippen molar-refractivity contribution in [2.75, 3.05) is 19.6 Å². The topological polar surface area (TPSA) is 80.4 Å². The fraction of sp³-hybridized carbons (Fsp3) is 0.292. The number of para-hydroxylation sites is 1. The minimum atomic E-state index is -0.446. The van der Waals surface area contributed by atoms with Gasteiger partial charge in [-0.3, -0.25) is 14.4 Å². The zero-order chi connectivity index (χ0) is 21.6. The number of carbonyl (C=O) groups excluding carboxylic acids is 1. The van der Waals surface area contributed by atoms with Gasteiger partial charge in [-0.1, -0.05) is 49.4 Å². The van der Waals surface area contributed by atoms with Crippen molar-refractivity contribution < 1.29 is 9.21 Å². The van der Waals surface area contributed by atoms with E-state index < -0.39 is 5.63 Å². The van der Waals surface area contributed by atoms with Gasteiger partial charge in [-0.2, -0.15) is 5.10 Å². The molecule has 0 spiro atoms. The molecule has 2 aromatic heterocycles. The van der Waals surface area contributed by atoms with Gasteiger partial charge in [0.05, 0.1) is 11.7 Å². The number of benzene rings is 2. The highest BCUT2D eigenvalue weighted by atomic mass is 16.4. The molecule has 0 aliphatic rings. The molecule has 4 rings (SSSR count). The third-order valence-corrected chi connectivity index (χ3v) is 5.37. The van der Waals surface area contributed by atoms with E-state index in [4.69, 9.17) is 4.42 Å². The molecule has 0 radical (unpaired) electrons. The van der Waals surface area contributed by atoms with Crippen molar-refractivity contribution in [3.63, 3.8) is 0 Å². The predicted molar refractivity (Wildman–Crippen MR) is 121 cm³/mol. The molecular weight excluding hydrogens is 392 g/mol. The first kappa shape index (κ1) is 20.8. The Kier molecular flexibility index (Phi) is 6.43. The largest absolute Gasteiger partial charge is 0.422 e. The van der Waals surface area contributed by atoms with E-state index in [1.807, 2.05) is 24.3 Å². The molecule has 2 aromatic carbocycles. The highest BCUT2D eigenvalue weighted by Gasteiger charge is 2.14. The number of hydrogen-bond donors (Lipinski definition) is 1. The van der Waals surface area contributed by atoms with Crippen LogP contribution in [0, 0.1) is 0 Å². The maximum absolute atomic E-state index is 12.5. The highest BCUT2D eigenvalue weighted by molar-refractivity contribution is 6.02. The molecule has 1 amide bonds. The molecule has 0 saturated carbocycles. The summed E-state index contributed by atoms with van der Waals surface area (Å²) in [5.74, 6) is -0.131. The molecule has 0 saturated heterocycles. The van der Waals surface area contributed by atoms with Crippen LogP contribution in [-0.4, -0.2) is 40.2 Å². The van der Waals surface area contributed by atoms with E-state index in [1.165, 1.54) is 11.8 Å². The monoisotopic (exact) mass is 418 g/mol. The van der Waals surface area contributed by atoms with Gasteiger partial charge in [-0.05, 0) is 30.7 Å². The summed E-state index contributed by atoms with van der Waals surface area (Å²) in [5.41, 5.74) is 1.95. The second kappa shape index (κ2) is 9.57. The Labute approximate surface area is 180 Å². The Morgan fingerprint density at radius 1 is 1.10 bits per heavy atom. The van der Waals surface area contributed by atoms with Gasteiger partial charge >= 0.3 is 5.63 Å². The van der Waals surface area contributed by atoms with E-state index in [1.54, 1.807) is 10.7 Å². The molecule has 7 nitrogen and oxygen atoms in total. The molecule has 31 heavy (non-hydrogen) atoms. The Bertz CT molecular complexity index is 1230. The standard InChI is InChI=1S/C24H26N4O3/c1-2-27(16-18-9-4-3-5-10-18)14-8-13-25-22(29)17-28-23-19-11-6-7-12-21(19)31-24(30)20(23)15-26-28/h3-7,9-12,15H,2,8,13-14,16-17H2,1H3,(H,25,29). The maximum atomic E-state index is 12.5. The van der Waals surface area contributed by atoms with Crippen LogP contribution in [-0.2, 0) is 17.9 Å². The average molecular weight is 418 g/mol. The lowest BCUT2D eigenvalue weighted by Crippen LogP contribution is -2.32. The van der Waals surface area contributed by atoms with Crippen molar-refractivity contribution >= 4 is 27.8 Å². The first-order valence-electron chi connectivity index (χ1n) is 10.6. The smallest absolute Gasteiger partial charge is 0.347 e. The summed E-state index contributed by atoms with van der Waals surface area (Å²) >= 11 is 0. The number of rotatable bonds is 9. The Morgan fingerprint density at radius 3 is 2.68 bits per heavy atom. The van der Waals surface area contributed by atoms with Crippen molar-refractivity contribution in [3.05, 3.63) is 76.8 Å². The number of carbonyl (C=O) groups is 1. The van der Waals surface area contributed by atoms with Gasteiger partial charge in [-0.15, -0.1) is 0 Å². The molecule has 7 heteroatoms. The van der Waals surface area contributed by atoms with Crippen LogP contribution in [0.2, 0.25) is 0 Å². The van der Waals surface area contributed by atoms with Gasteiger partial charge in [0.25, 0.3) is 0 Å². The number of nitrogens with zero attached hydrogens (tertiary/aromatic N) is 3. The lowest BCUT2D eigenvalue weighted by molar-refractivity contribution is -0.121. The summed E-state index contributed by atoms with van der Waals surface area (Å²) in [4.78, 5) is 27.0. The van der Waals surface area contributed by atoms with E-state index in [0.29, 0.717) is 23.0 Å². The van der Waals surface area contributed by atoms with Crippen LogP contribution in [0.4, 0.5) is 0 Å². The van der Waals surface area contributed by atoms with Gasteiger partial charge in [0.1, 0.15) is 17.5 Å². The molecule has 2 heterocycles. The zero-order valence-electron chi connectivity index (χ0n) is 17.6. The van der Waals surface area contributed by atoms with Gasteiger partial charge < -0.3 is 9.73 Å². The van der Waals surface area contributed by atoms with Crippen LogP contribution in [0.15, 0.2) is 70.0 Å². The third-order valence-electron chi connectivity index (χ3n) is 5.37. The molecule has 0 fully saturated rings. The molecule has 0 aliphatic heterocycles. The quantitative estimate of drug-likeness (QED) is 0.334. The number of aromatic nitrogens is 2. The summed E-state index contributed by atoms with van der Waals surface area (Å²) < 4.78 is 6.90. The maximum Gasteiger partial charge on any atom is 0.347 e. The average Bonchev–Trinajstić information content (AvgIpc) is 3.21. The molecule has 0 aliphatic carbocycles. The van der Waals surface area contributed by atoms with Gasteiger partial charge in [-0.25, -0.2) is 4.79 Å². The van der Waals surface area contributed by atoms with Crippen molar-refractivity contribution in [1.82, 2.24) is 20.0 Å². The highest BCUT2D eigenvalue weighted by Crippen LogP contribution is 2.22. The normalized spacial score (nSPS) is 11.4. The molecule has 0 unspecified atom stereocenters. The summed E-state index contributed by atoms with van der Waals surface area (Å²) in [6, 6.07) is 17.7. The van der Waals surface area contributed by atoms with Crippen LogP contribution in [0.3, 0.4) is 0 Å². The SMILES string of the molecule is CCN(CCCNC(=O)Cn1ncc2c(=O)oc3ccccc3c21)Cc1ccccc1. The fourth-order valence-electron chi connectivity index (χ4n) is 3.76. The Hall–Kier alpha value is -3.45. The number of fused-ring (bicyclic) bond motifs is 3. The second-order valence-electron chi connectivity index (χ2n) is 7.51. The first-order chi connectivity index (χ1) is 15.2. The first-order valence-corrected chi connectivity index (χ1v) is 10.6. The van der Waals surface area contributed by atoms with Crippen LogP contribution in [0.1, 0.15) is 18.9 Å². The van der Waals surface area contributed by atoms with E-state index in [2.05, 4.69) is 46.5 Å².